The van der Waals surface area contributed by atoms with Crippen LogP contribution in [0.15, 0.2) is 6.33 Å². The first-order chi connectivity index (χ1) is 8.95. The molecule has 0 saturated carbocycles. The Labute approximate surface area is 110 Å². The second kappa shape index (κ2) is 5.08. The van der Waals surface area contributed by atoms with Crippen molar-refractivity contribution in [2.45, 2.75) is 25.9 Å². The summed E-state index contributed by atoms with van der Waals surface area (Å²) in [5.41, 5.74) is -0.188. The molecule has 6 nitrogen and oxygen atoms in total. The van der Waals surface area contributed by atoms with Gasteiger partial charge in [-0.15, -0.1) is 0 Å². The smallest absolute Gasteiger partial charge is 0.329 e. The Balaban J connectivity index is 2.02. The van der Waals surface area contributed by atoms with Gasteiger partial charge in [-0.05, 0) is 13.3 Å². The van der Waals surface area contributed by atoms with Crippen molar-refractivity contribution in [3.05, 3.63) is 17.8 Å². The first-order valence-corrected chi connectivity index (χ1v) is 6.05. The van der Waals surface area contributed by atoms with Crippen molar-refractivity contribution in [2.24, 2.45) is 0 Å². The van der Waals surface area contributed by atoms with E-state index in [1.54, 1.807) is 11.8 Å². The fourth-order valence-electron chi connectivity index (χ4n) is 2.10. The molecule has 1 N–H and O–H groups in total. The monoisotopic (exact) mass is 269 g/mol. The van der Waals surface area contributed by atoms with Crippen molar-refractivity contribution < 1.29 is 19.0 Å². The van der Waals surface area contributed by atoms with Gasteiger partial charge in [-0.1, -0.05) is 6.92 Å². The Morgan fingerprint density at radius 2 is 2.26 bits per heavy atom. The van der Waals surface area contributed by atoms with Crippen LogP contribution in [0.1, 0.15) is 19.5 Å². The number of hydrogen-bond donors (Lipinski definition) is 1. The van der Waals surface area contributed by atoms with Gasteiger partial charge in [0.15, 0.2) is 11.6 Å². The lowest BCUT2D eigenvalue weighted by atomic mass is 9.96. The number of ether oxygens (including phenoxy) is 1. The normalized spacial score (nSPS) is 17.1. The molecule has 0 spiro atoms. The Morgan fingerprint density at radius 1 is 1.58 bits per heavy atom. The Bertz CT molecular complexity index is 489. The highest BCUT2D eigenvalue weighted by molar-refractivity contribution is 5.68. The molecule has 1 fully saturated rings. The summed E-state index contributed by atoms with van der Waals surface area (Å²) in [4.78, 5) is 20.0. The zero-order chi connectivity index (χ0) is 14.0. The summed E-state index contributed by atoms with van der Waals surface area (Å²) in [7, 11) is 0. The minimum absolute atomic E-state index is 0.253. The highest BCUT2D eigenvalue weighted by Crippen LogP contribution is 2.30. The van der Waals surface area contributed by atoms with Gasteiger partial charge in [-0.2, -0.15) is 0 Å². The molecule has 0 atom stereocenters. The quantitative estimate of drug-likeness (QED) is 0.854. The van der Waals surface area contributed by atoms with E-state index in [9.17, 15) is 9.18 Å². The van der Waals surface area contributed by atoms with Gasteiger partial charge in [-0.3, -0.25) is 0 Å². The summed E-state index contributed by atoms with van der Waals surface area (Å²) in [6.07, 6.45) is 1.84. The number of carboxylic acids is 1. The fraction of sp³-hybridized carbons (Fsp3) is 0.583. The van der Waals surface area contributed by atoms with Crippen LogP contribution in [0.25, 0.3) is 0 Å². The molecule has 1 aromatic heterocycles. The molecule has 1 aliphatic rings. The minimum Gasteiger partial charge on any atom is -0.480 e. The highest BCUT2D eigenvalue weighted by atomic mass is 19.1. The molecule has 1 aromatic rings. The second-order valence-electron chi connectivity index (χ2n) is 4.80. The van der Waals surface area contributed by atoms with Gasteiger partial charge < -0.3 is 14.7 Å². The van der Waals surface area contributed by atoms with E-state index in [-0.39, 0.29) is 12.4 Å². The third-order valence-corrected chi connectivity index (χ3v) is 3.07. The van der Waals surface area contributed by atoms with E-state index >= 15 is 0 Å². The average Bonchev–Trinajstić information content (AvgIpc) is 2.33. The van der Waals surface area contributed by atoms with E-state index in [0.29, 0.717) is 25.2 Å². The van der Waals surface area contributed by atoms with Gasteiger partial charge in [0, 0.05) is 0 Å². The van der Waals surface area contributed by atoms with Gasteiger partial charge in [0.25, 0.3) is 0 Å². The van der Waals surface area contributed by atoms with Crippen LogP contribution in [-0.2, 0) is 16.0 Å². The van der Waals surface area contributed by atoms with Gasteiger partial charge >= 0.3 is 5.97 Å². The van der Waals surface area contributed by atoms with Crippen molar-refractivity contribution >= 4 is 11.8 Å². The van der Waals surface area contributed by atoms with Crippen molar-refractivity contribution in [1.29, 1.82) is 0 Å². The van der Waals surface area contributed by atoms with Crippen LogP contribution < -0.4 is 4.90 Å². The molecular weight excluding hydrogens is 253 g/mol. The highest BCUT2D eigenvalue weighted by Gasteiger charge is 2.42. The van der Waals surface area contributed by atoms with Crippen LogP contribution in [0.3, 0.4) is 0 Å². The molecule has 0 aromatic carbocycles. The summed E-state index contributed by atoms with van der Waals surface area (Å²) in [5, 5.41) is 8.57. The molecule has 0 amide bonds. The summed E-state index contributed by atoms with van der Waals surface area (Å²) >= 11 is 0. The molecule has 0 unspecified atom stereocenters. The number of rotatable bonds is 5. The van der Waals surface area contributed by atoms with Crippen molar-refractivity contribution in [2.75, 3.05) is 24.6 Å². The van der Waals surface area contributed by atoms with E-state index in [0.717, 1.165) is 0 Å². The number of carboxylic acid groups (broad SMARTS) is 1. The summed E-state index contributed by atoms with van der Waals surface area (Å²) in [6.45, 7) is 4.10. The second-order valence-corrected chi connectivity index (χ2v) is 4.80. The van der Waals surface area contributed by atoms with Crippen LogP contribution in [0, 0.1) is 5.82 Å². The Hall–Kier alpha value is -1.76. The maximum Gasteiger partial charge on any atom is 0.329 e. The third-order valence-electron chi connectivity index (χ3n) is 3.07. The van der Waals surface area contributed by atoms with E-state index in [4.69, 9.17) is 9.84 Å². The zero-order valence-corrected chi connectivity index (χ0v) is 10.9. The number of carbonyl (C=O) groups is 1. The molecular formula is C12H16FN3O3. The first-order valence-electron chi connectivity index (χ1n) is 6.05. The predicted molar refractivity (Wildman–Crippen MR) is 65.6 cm³/mol. The van der Waals surface area contributed by atoms with E-state index < -0.39 is 17.4 Å². The molecule has 1 saturated heterocycles. The lowest BCUT2D eigenvalue weighted by Crippen LogP contribution is -2.62. The molecule has 2 heterocycles. The van der Waals surface area contributed by atoms with E-state index in [1.807, 2.05) is 6.92 Å². The van der Waals surface area contributed by atoms with Gasteiger partial charge in [0.2, 0.25) is 0 Å². The largest absolute Gasteiger partial charge is 0.480 e. The molecule has 19 heavy (non-hydrogen) atoms. The summed E-state index contributed by atoms with van der Waals surface area (Å²) in [6, 6.07) is 0. The minimum atomic E-state index is -1.01. The summed E-state index contributed by atoms with van der Waals surface area (Å²) in [5.74, 6) is -1.17. The molecule has 2 rings (SSSR count). The van der Waals surface area contributed by atoms with Gasteiger partial charge in [-0.25, -0.2) is 19.2 Å². The number of aromatic nitrogens is 2. The molecule has 7 heteroatoms. The first kappa shape index (κ1) is 13.7. The van der Waals surface area contributed by atoms with Crippen LogP contribution >= 0.6 is 0 Å². The number of anilines is 1. The maximum atomic E-state index is 14.0. The Morgan fingerprint density at radius 3 is 2.84 bits per heavy atom. The SMILES string of the molecule is CCc1ncnc(N2CC(C)(OCC(=O)O)C2)c1F. The molecule has 104 valence electrons. The number of aliphatic carboxylic acids is 1. The van der Waals surface area contributed by atoms with Crippen molar-refractivity contribution in [3.8, 4) is 0 Å². The molecule has 0 aliphatic carbocycles. The predicted octanol–water partition coefficient (Wildman–Crippen LogP) is 0.858. The van der Waals surface area contributed by atoms with Gasteiger partial charge in [0.1, 0.15) is 18.5 Å². The number of halogens is 1. The molecule has 1 aliphatic heterocycles. The lowest BCUT2D eigenvalue weighted by Gasteiger charge is -2.47. The fourth-order valence-corrected chi connectivity index (χ4v) is 2.10. The van der Waals surface area contributed by atoms with Crippen LogP contribution in [0.2, 0.25) is 0 Å². The zero-order valence-electron chi connectivity index (χ0n) is 10.9. The van der Waals surface area contributed by atoms with Crippen LogP contribution in [-0.4, -0.2) is 46.3 Å². The van der Waals surface area contributed by atoms with E-state index in [1.165, 1.54) is 6.33 Å². The average molecular weight is 269 g/mol. The Kier molecular flexibility index (Phi) is 3.66. The van der Waals surface area contributed by atoms with Crippen LogP contribution in [0.5, 0.6) is 0 Å². The topological polar surface area (TPSA) is 75.5 Å². The lowest BCUT2D eigenvalue weighted by molar-refractivity contribution is -0.150. The number of nitrogens with zero attached hydrogens (tertiary/aromatic N) is 3. The van der Waals surface area contributed by atoms with E-state index in [2.05, 4.69) is 9.97 Å². The third kappa shape index (κ3) is 2.81. The standard InChI is InChI=1S/C12H16FN3O3/c1-3-8-10(13)11(15-7-14-8)16-5-12(2,6-16)19-4-9(17)18/h7H,3-6H2,1-2H3,(H,17,18). The number of aryl methyl sites for hydroxylation is 1. The van der Waals surface area contributed by atoms with Gasteiger partial charge in [0.05, 0.1) is 18.8 Å². The molecule has 0 radical (unpaired) electrons. The maximum absolute atomic E-state index is 14.0. The molecule has 0 bridgehead atoms. The van der Waals surface area contributed by atoms with Crippen LogP contribution in [0.4, 0.5) is 10.2 Å². The van der Waals surface area contributed by atoms with Crippen molar-refractivity contribution in [3.63, 3.8) is 0 Å². The number of hydrogen-bond acceptors (Lipinski definition) is 5. The van der Waals surface area contributed by atoms with Crippen molar-refractivity contribution in [1.82, 2.24) is 9.97 Å². The summed E-state index contributed by atoms with van der Waals surface area (Å²) < 4.78 is 19.3.